The molecule has 0 spiro atoms. The maximum atomic E-state index is 6.22. The van der Waals surface area contributed by atoms with Crippen molar-refractivity contribution in [2.24, 2.45) is 0 Å². The molecule has 1 aromatic rings. The van der Waals surface area contributed by atoms with E-state index in [1.807, 2.05) is 0 Å². The van der Waals surface area contributed by atoms with Crippen LogP contribution in [0.4, 0.5) is 0 Å². The molecule has 0 aliphatic carbocycles. The number of hydrogen-bond donors (Lipinski definition) is 1. The number of nitrogens with zero attached hydrogens (tertiary/aromatic N) is 1. The lowest BCUT2D eigenvalue weighted by atomic mass is 10.00. The Kier molecular flexibility index (Phi) is 3.23. The van der Waals surface area contributed by atoms with E-state index in [0.29, 0.717) is 6.04 Å². The van der Waals surface area contributed by atoms with Gasteiger partial charge < -0.3 is 10.1 Å². The van der Waals surface area contributed by atoms with Gasteiger partial charge in [0.1, 0.15) is 11.4 Å². The molecule has 3 aliphatic heterocycles. The molecular formula is C18H26N2O. The van der Waals surface area contributed by atoms with E-state index in [4.69, 9.17) is 4.74 Å². The molecule has 2 atom stereocenters. The monoisotopic (exact) mass is 286 g/mol. The van der Waals surface area contributed by atoms with Crippen LogP contribution in [0.25, 0.3) is 0 Å². The molecule has 2 unspecified atom stereocenters. The quantitative estimate of drug-likeness (QED) is 0.905. The first-order valence-corrected chi connectivity index (χ1v) is 8.37. The van der Waals surface area contributed by atoms with E-state index in [9.17, 15) is 0 Å². The van der Waals surface area contributed by atoms with E-state index in [-0.39, 0.29) is 5.60 Å². The zero-order valence-electron chi connectivity index (χ0n) is 13.2. The maximum Gasteiger partial charge on any atom is 0.127 e. The first kappa shape index (κ1) is 13.6. The molecule has 114 valence electrons. The van der Waals surface area contributed by atoms with Crippen LogP contribution in [-0.4, -0.2) is 35.7 Å². The Morgan fingerprint density at radius 3 is 3.00 bits per heavy atom. The first-order chi connectivity index (χ1) is 10.1. The van der Waals surface area contributed by atoms with Gasteiger partial charge in [0.15, 0.2) is 0 Å². The van der Waals surface area contributed by atoms with Crippen LogP contribution in [0, 0.1) is 0 Å². The van der Waals surface area contributed by atoms with Crippen LogP contribution < -0.4 is 10.1 Å². The molecule has 4 rings (SSSR count). The van der Waals surface area contributed by atoms with Crippen molar-refractivity contribution in [1.82, 2.24) is 10.2 Å². The third kappa shape index (κ3) is 2.69. The van der Waals surface area contributed by atoms with Gasteiger partial charge in [-0.25, -0.2) is 0 Å². The van der Waals surface area contributed by atoms with Crippen LogP contribution in [-0.2, 0) is 13.0 Å². The minimum absolute atomic E-state index is 0.0438. The number of ether oxygens (including phenoxy) is 1. The number of fused-ring (bicyclic) bond motifs is 3. The normalized spacial score (nSPS) is 30.8. The summed E-state index contributed by atoms with van der Waals surface area (Å²) in [6.07, 6.45) is 5.04. The number of nitrogens with one attached hydrogen (secondary N) is 1. The summed E-state index contributed by atoms with van der Waals surface area (Å²) < 4.78 is 6.22. The smallest absolute Gasteiger partial charge is 0.127 e. The molecule has 1 aromatic carbocycles. The second-order valence-electron chi connectivity index (χ2n) is 7.61. The summed E-state index contributed by atoms with van der Waals surface area (Å²) >= 11 is 0. The van der Waals surface area contributed by atoms with Gasteiger partial charge in [-0.3, -0.25) is 4.90 Å². The van der Waals surface area contributed by atoms with E-state index in [1.165, 1.54) is 43.5 Å². The highest BCUT2D eigenvalue weighted by Gasteiger charge is 2.33. The lowest BCUT2D eigenvalue weighted by Crippen LogP contribution is -2.35. The fourth-order valence-electron chi connectivity index (χ4n) is 4.20. The molecule has 2 fully saturated rings. The molecule has 3 heterocycles. The van der Waals surface area contributed by atoms with Gasteiger partial charge in [0.05, 0.1) is 0 Å². The SMILES string of the molecule is CC1(C)Cc2cccc(CN3CCC4CCC(C3)N4)c2O1. The summed E-state index contributed by atoms with van der Waals surface area (Å²) in [4.78, 5) is 2.61. The Morgan fingerprint density at radius 1 is 1.24 bits per heavy atom. The van der Waals surface area contributed by atoms with Crippen molar-refractivity contribution < 1.29 is 4.74 Å². The van der Waals surface area contributed by atoms with Crippen molar-refractivity contribution in [1.29, 1.82) is 0 Å². The molecule has 0 saturated carbocycles. The number of benzene rings is 1. The second kappa shape index (κ2) is 4.99. The average Bonchev–Trinajstić information content (AvgIpc) is 2.91. The lowest BCUT2D eigenvalue weighted by molar-refractivity contribution is 0.135. The fraction of sp³-hybridized carbons (Fsp3) is 0.667. The summed E-state index contributed by atoms with van der Waals surface area (Å²) in [6, 6.07) is 8.13. The van der Waals surface area contributed by atoms with Crippen LogP contribution in [0.5, 0.6) is 5.75 Å². The summed E-state index contributed by atoms with van der Waals surface area (Å²) in [7, 11) is 0. The lowest BCUT2D eigenvalue weighted by Gasteiger charge is -2.25. The van der Waals surface area contributed by atoms with Gasteiger partial charge in [-0.1, -0.05) is 18.2 Å². The second-order valence-corrected chi connectivity index (χ2v) is 7.61. The summed E-state index contributed by atoms with van der Waals surface area (Å²) in [5.74, 6) is 1.16. The highest BCUT2D eigenvalue weighted by molar-refractivity contribution is 5.45. The molecule has 2 bridgehead atoms. The Balaban J connectivity index is 1.52. The van der Waals surface area contributed by atoms with Crippen LogP contribution in [0.2, 0.25) is 0 Å². The zero-order chi connectivity index (χ0) is 14.4. The molecule has 2 saturated heterocycles. The van der Waals surface area contributed by atoms with Crippen molar-refractivity contribution in [3.05, 3.63) is 29.3 Å². The Hall–Kier alpha value is -1.06. The predicted octanol–water partition coefficient (Wildman–Crippen LogP) is 2.73. The van der Waals surface area contributed by atoms with Crippen molar-refractivity contribution in [3.8, 4) is 5.75 Å². The van der Waals surface area contributed by atoms with E-state index >= 15 is 0 Å². The highest BCUT2D eigenvalue weighted by atomic mass is 16.5. The van der Waals surface area contributed by atoms with Gasteiger partial charge in [-0.2, -0.15) is 0 Å². The number of rotatable bonds is 2. The van der Waals surface area contributed by atoms with Gasteiger partial charge in [-0.05, 0) is 38.7 Å². The van der Waals surface area contributed by atoms with E-state index < -0.39 is 0 Å². The van der Waals surface area contributed by atoms with Crippen LogP contribution in [0.15, 0.2) is 18.2 Å². The average molecular weight is 286 g/mol. The predicted molar refractivity (Wildman–Crippen MR) is 84.7 cm³/mol. The number of hydrogen-bond acceptors (Lipinski definition) is 3. The summed E-state index contributed by atoms with van der Waals surface area (Å²) in [5, 5.41) is 3.76. The molecule has 3 nitrogen and oxygen atoms in total. The number of likely N-dealkylation sites (tertiary alicyclic amines) is 1. The molecule has 1 N–H and O–H groups in total. The molecule has 0 amide bonds. The van der Waals surface area contributed by atoms with Crippen molar-refractivity contribution in [2.75, 3.05) is 13.1 Å². The molecule has 3 aliphatic rings. The molecule has 21 heavy (non-hydrogen) atoms. The topological polar surface area (TPSA) is 24.5 Å². The van der Waals surface area contributed by atoms with Gasteiger partial charge in [0, 0.05) is 43.7 Å². The molecule has 3 heteroatoms. The van der Waals surface area contributed by atoms with E-state index in [2.05, 4.69) is 42.3 Å². The van der Waals surface area contributed by atoms with E-state index in [0.717, 1.165) is 24.8 Å². The highest BCUT2D eigenvalue weighted by Crippen LogP contribution is 2.38. The van der Waals surface area contributed by atoms with Crippen molar-refractivity contribution in [2.45, 2.75) is 63.8 Å². The van der Waals surface area contributed by atoms with Gasteiger partial charge in [0.25, 0.3) is 0 Å². The van der Waals surface area contributed by atoms with Gasteiger partial charge in [-0.15, -0.1) is 0 Å². The van der Waals surface area contributed by atoms with Crippen LogP contribution >= 0.6 is 0 Å². The van der Waals surface area contributed by atoms with Crippen molar-refractivity contribution in [3.63, 3.8) is 0 Å². The minimum Gasteiger partial charge on any atom is -0.487 e. The molecule has 0 aromatic heterocycles. The maximum absolute atomic E-state index is 6.22. The third-order valence-electron chi connectivity index (χ3n) is 5.17. The van der Waals surface area contributed by atoms with Gasteiger partial charge in [0.2, 0.25) is 0 Å². The van der Waals surface area contributed by atoms with Crippen molar-refractivity contribution >= 4 is 0 Å². The first-order valence-electron chi connectivity index (χ1n) is 8.37. The van der Waals surface area contributed by atoms with Crippen LogP contribution in [0.3, 0.4) is 0 Å². The third-order valence-corrected chi connectivity index (χ3v) is 5.17. The standard InChI is InChI=1S/C18H26N2O/c1-18(2)10-13-4-3-5-14(17(13)21-18)11-20-9-8-15-6-7-16(12-20)19-15/h3-5,15-16,19H,6-12H2,1-2H3. The zero-order valence-corrected chi connectivity index (χ0v) is 13.2. The Morgan fingerprint density at radius 2 is 2.10 bits per heavy atom. The largest absolute Gasteiger partial charge is 0.487 e. The summed E-state index contributed by atoms with van der Waals surface area (Å²) in [6.45, 7) is 7.80. The Labute approximate surface area is 127 Å². The minimum atomic E-state index is -0.0438. The van der Waals surface area contributed by atoms with Gasteiger partial charge >= 0.3 is 0 Å². The molecule has 0 radical (unpaired) electrons. The van der Waals surface area contributed by atoms with E-state index in [1.54, 1.807) is 0 Å². The number of para-hydroxylation sites is 1. The van der Waals surface area contributed by atoms with Crippen LogP contribution in [0.1, 0.15) is 44.2 Å². The fourth-order valence-corrected chi connectivity index (χ4v) is 4.20. The summed E-state index contributed by atoms with van der Waals surface area (Å²) in [5.41, 5.74) is 2.71. The molecular weight excluding hydrogens is 260 g/mol. The Bertz CT molecular complexity index is 540.